The molecule has 0 saturated heterocycles. The maximum atomic E-state index is 11.7. The Morgan fingerprint density at radius 1 is 1.29 bits per heavy atom. The highest BCUT2D eigenvalue weighted by molar-refractivity contribution is 5.85. The van der Waals surface area contributed by atoms with E-state index in [-0.39, 0.29) is 30.3 Å². The number of hydrogen-bond donors (Lipinski definition) is 2. The highest BCUT2D eigenvalue weighted by Crippen LogP contribution is 2.26. The van der Waals surface area contributed by atoms with Gasteiger partial charge in [-0.05, 0) is 47.0 Å². The summed E-state index contributed by atoms with van der Waals surface area (Å²) in [6, 6.07) is -0.379. The van der Waals surface area contributed by atoms with Gasteiger partial charge in [-0.2, -0.15) is 0 Å². The lowest BCUT2D eigenvalue weighted by atomic mass is 9.84. The third kappa shape index (κ3) is 7.00. The van der Waals surface area contributed by atoms with E-state index in [1.54, 1.807) is 27.7 Å². The van der Waals surface area contributed by atoms with Crippen LogP contribution in [0.3, 0.4) is 0 Å². The number of ether oxygens (including phenoxy) is 2. The third-order valence-electron chi connectivity index (χ3n) is 3.14. The lowest BCUT2D eigenvalue weighted by Crippen LogP contribution is -2.49. The van der Waals surface area contributed by atoms with Crippen LogP contribution in [-0.2, 0) is 14.3 Å². The number of halogens is 1. The van der Waals surface area contributed by atoms with Gasteiger partial charge in [0.05, 0.1) is 24.7 Å². The predicted molar refractivity (Wildman–Crippen MR) is 80.4 cm³/mol. The van der Waals surface area contributed by atoms with Crippen LogP contribution in [0.15, 0.2) is 0 Å². The predicted octanol–water partition coefficient (Wildman–Crippen LogP) is 2.03. The summed E-state index contributed by atoms with van der Waals surface area (Å²) in [4.78, 5) is 23.3. The van der Waals surface area contributed by atoms with Crippen LogP contribution in [0.4, 0.5) is 4.79 Å². The lowest BCUT2D eigenvalue weighted by molar-refractivity contribution is -0.150. The first-order chi connectivity index (χ1) is 9.23. The van der Waals surface area contributed by atoms with Gasteiger partial charge in [0.15, 0.2) is 0 Å². The van der Waals surface area contributed by atoms with Crippen LogP contribution in [0.5, 0.6) is 0 Å². The molecule has 124 valence electrons. The molecule has 0 aromatic carbocycles. The Labute approximate surface area is 132 Å². The van der Waals surface area contributed by atoms with Crippen molar-refractivity contribution in [1.29, 1.82) is 0 Å². The fourth-order valence-corrected chi connectivity index (χ4v) is 2.25. The van der Waals surface area contributed by atoms with E-state index >= 15 is 0 Å². The van der Waals surface area contributed by atoms with E-state index in [0.717, 1.165) is 0 Å². The van der Waals surface area contributed by atoms with Crippen LogP contribution < -0.4 is 5.32 Å². The molecule has 1 aliphatic carbocycles. The summed E-state index contributed by atoms with van der Waals surface area (Å²) in [5, 5.41) is 12.7. The molecule has 0 heterocycles. The molecule has 0 aromatic heterocycles. The second-order valence-electron chi connectivity index (χ2n) is 6.08. The fraction of sp³-hybridized carbons (Fsp3) is 0.857. The molecular formula is C14H26ClNO5. The average Bonchev–Trinajstić information content (AvgIpc) is 2.29. The Hall–Kier alpha value is -1.01. The van der Waals surface area contributed by atoms with Crippen molar-refractivity contribution < 1.29 is 24.2 Å². The van der Waals surface area contributed by atoms with Crippen molar-refractivity contribution >= 4 is 24.5 Å². The van der Waals surface area contributed by atoms with Crippen molar-refractivity contribution in [2.45, 2.75) is 64.7 Å². The zero-order chi connectivity index (χ0) is 15.3. The molecule has 0 aromatic rings. The van der Waals surface area contributed by atoms with E-state index in [2.05, 4.69) is 5.32 Å². The van der Waals surface area contributed by atoms with E-state index in [9.17, 15) is 14.7 Å². The van der Waals surface area contributed by atoms with Crippen LogP contribution in [0.1, 0.15) is 47.0 Å². The van der Waals surface area contributed by atoms with Gasteiger partial charge >= 0.3 is 12.1 Å². The summed E-state index contributed by atoms with van der Waals surface area (Å²) in [7, 11) is 0. The summed E-state index contributed by atoms with van der Waals surface area (Å²) in [6.07, 6.45) is 0.126. The largest absolute Gasteiger partial charge is 0.466 e. The first-order valence-corrected chi connectivity index (χ1v) is 7.07. The monoisotopic (exact) mass is 323 g/mol. The zero-order valence-electron chi connectivity index (χ0n) is 13.0. The van der Waals surface area contributed by atoms with Crippen molar-refractivity contribution in [2.75, 3.05) is 6.61 Å². The van der Waals surface area contributed by atoms with Crippen molar-refractivity contribution in [1.82, 2.24) is 5.32 Å². The first kappa shape index (κ1) is 20.0. The number of nitrogens with one attached hydrogen (secondary N) is 1. The van der Waals surface area contributed by atoms with Crippen molar-refractivity contribution in [2.24, 2.45) is 5.92 Å². The van der Waals surface area contributed by atoms with Gasteiger partial charge in [-0.3, -0.25) is 4.79 Å². The zero-order valence-corrected chi connectivity index (χ0v) is 13.9. The number of carbonyl (C=O) groups is 2. The van der Waals surface area contributed by atoms with Crippen LogP contribution in [0.2, 0.25) is 0 Å². The third-order valence-corrected chi connectivity index (χ3v) is 3.14. The molecule has 3 atom stereocenters. The molecule has 0 radical (unpaired) electrons. The molecular weight excluding hydrogens is 298 g/mol. The van der Waals surface area contributed by atoms with E-state index in [1.165, 1.54) is 0 Å². The maximum Gasteiger partial charge on any atom is 0.407 e. The number of hydrogen-bond acceptors (Lipinski definition) is 5. The molecule has 1 fully saturated rings. The SMILES string of the molecule is CCOC(=O)C1CCC(NC(=O)OC(C)(C)C)C(O)C1.Cl. The minimum Gasteiger partial charge on any atom is -0.466 e. The number of rotatable bonds is 3. The molecule has 21 heavy (non-hydrogen) atoms. The van der Waals surface area contributed by atoms with E-state index in [0.29, 0.717) is 25.9 Å². The summed E-state index contributed by atoms with van der Waals surface area (Å²) < 4.78 is 10.1. The summed E-state index contributed by atoms with van der Waals surface area (Å²) in [5.41, 5.74) is -0.572. The smallest absolute Gasteiger partial charge is 0.407 e. The van der Waals surface area contributed by atoms with Gasteiger partial charge in [0.25, 0.3) is 0 Å². The highest BCUT2D eigenvalue weighted by atomic mass is 35.5. The topological polar surface area (TPSA) is 84.9 Å². The Morgan fingerprint density at radius 3 is 2.38 bits per heavy atom. The van der Waals surface area contributed by atoms with Crippen molar-refractivity contribution in [3.05, 3.63) is 0 Å². The van der Waals surface area contributed by atoms with Gasteiger partial charge in [0.2, 0.25) is 0 Å². The quantitative estimate of drug-likeness (QED) is 0.776. The standard InChI is InChI=1S/C14H25NO5.ClH/c1-5-19-12(17)9-6-7-10(11(16)8-9)15-13(18)20-14(2,3)4;/h9-11,16H,5-8H2,1-4H3,(H,15,18);1H. The van der Waals surface area contributed by atoms with Gasteiger partial charge in [0, 0.05) is 0 Å². The molecule has 1 aliphatic rings. The second-order valence-corrected chi connectivity index (χ2v) is 6.08. The van der Waals surface area contributed by atoms with E-state index < -0.39 is 17.8 Å². The number of alkyl carbamates (subject to hydrolysis) is 1. The molecule has 0 spiro atoms. The van der Waals surface area contributed by atoms with Gasteiger partial charge in [-0.1, -0.05) is 0 Å². The molecule has 3 unspecified atom stereocenters. The highest BCUT2D eigenvalue weighted by Gasteiger charge is 2.35. The molecule has 7 heteroatoms. The molecule has 1 saturated carbocycles. The number of carbonyl (C=O) groups excluding carboxylic acids is 2. The minimum absolute atomic E-state index is 0. The normalized spacial score (nSPS) is 25.5. The molecule has 1 amide bonds. The number of esters is 1. The number of amides is 1. The summed E-state index contributed by atoms with van der Waals surface area (Å²) in [5.74, 6) is -0.566. The van der Waals surface area contributed by atoms with Crippen molar-refractivity contribution in [3.63, 3.8) is 0 Å². The van der Waals surface area contributed by atoms with Gasteiger partial charge in [0.1, 0.15) is 5.60 Å². The Balaban J connectivity index is 0.00000400. The van der Waals surface area contributed by atoms with E-state index in [4.69, 9.17) is 9.47 Å². The van der Waals surface area contributed by atoms with Crippen LogP contribution >= 0.6 is 12.4 Å². The van der Waals surface area contributed by atoms with Gasteiger partial charge in [-0.25, -0.2) is 4.79 Å². The lowest BCUT2D eigenvalue weighted by Gasteiger charge is -2.33. The van der Waals surface area contributed by atoms with Crippen LogP contribution in [-0.4, -0.2) is 41.5 Å². The maximum absolute atomic E-state index is 11.7. The molecule has 0 aliphatic heterocycles. The number of aliphatic hydroxyl groups excluding tert-OH is 1. The molecule has 0 bridgehead atoms. The molecule has 2 N–H and O–H groups in total. The Bertz CT molecular complexity index is 356. The van der Waals surface area contributed by atoms with Gasteiger partial charge in [-0.15, -0.1) is 12.4 Å². The summed E-state index contributed by atoms with van der Waals surface area (Å²) in [6.45, 7) is 7.43. The minimum atomic E-state index is -0.759. The summed E-state index contributed by atoms with van der Waals surface area (Å²) >= 11 is 0. The molecule has 1 rings (SSSR count). The van der Waals surface area contributed by atoms with Crippen molar-refractivity contribution in [3.8, 4) is 0 Å². The first-order valence-electron chi connectivity index (χ1n) is 7.07. The molecule has 6 nitrogen and oxygen atoms in total. The van der Waals surface area contributed by atoms with Crippen LogP contribution in [0, 0.1) is 5.92 Å². The van der Waals surface area contributed by atoms with Gasteiger partial charge < -0.3 is 19.9 Å². The number of aliphatic hydroxyl groups is 1. The van der Waals surface area contributed by atoms with Crippen LogP contribution in [0.25, 0.3) is 0 Å². The Morgan fingerprint density at radius 2 is 1.90 bits per heavy atom. The van der Waals surface area contributed by atoms with E-state index in [1.807, 2.05) is 0 Å². The fourth-order valence-electron chi connectivity index (χ4n) is 2.25. The average molecular weight is 324 g/mol. The second kappa shape index (κ2) is 8.44. The Kier molecular flexibility index (Phi) is 8.03.